The number of esters is 4. The van der Waals surface area contributed by atoms with Crippen LogP contribution in [0.1, 0.15) is 531 Å². The van der Waals surface area contributed by atoms with Gasteiger partial charge in [0.15, 0.2) is 0 Å². The fourth-order valence-electron chi connectivity index (χ4n) is 15.5. The van der Waals surface area contributed by atoms with Gasteiger partial charge in [0.1, 0.15) is 20.2 Å². The van der Waals surface area contributed by atoms with Crippen molar-refractivity contribution in [2.75, 3.05) is 26.4 Å². The maximum Gasteiger partial charge on any atom is 2.00 e. The number of hydrogen-bond acceptors (Lipinski definition) is 14. The molecule has 0 N–H and O–H groups in total. The van der Waals surface area contributed by atoms with Gasteiger partial charge in [0, 0.05) is 0 Å². The molecule has 121 heavy (non-hydrogen) atoms. The number of benzene rings is 2. The van der Waals surface area contributed by atoms with Gasteiger partial charge in [-0.2, -0.15) is 0 Å². The molecule has 0 saturated carbocycles. The van der Waals surface area contributed by atoms with Crippen LogP contribution in [-0.4, -0.2) is 114 Å². The molecular weight excluding hydrogens is 1580 g/mol. The number of allylic oxidation sites excluding steroid dienone is 8. The van der Waals surface area contributed by atoms with Crippen LogP contribution in [0, 0.1) is 0 Å². The maximum absolute atomic E-state index is 13.0. The summed E-state index contributed by atoms with van der Waals surface area (Å²) in [5.41, 5.74) is -0.658. The van der Waals surface area contributed by atoms with Crippen molar-refractivity contribution in [2.24, 2.45) is 0 Å². The van der Waals surface area contributed by atoms with Crippen molar-refractivity contribution in [2.45, 2.75) is 500 Å². The molecule has 17 heteroatoms. The van der Waals surface area contributed by atoms with E-state index in [1.165, 1.54) is 359 Å². The molecule has 0 spiro atoms. The second-order valence-corrected chi connectivity index (χ2v) is 36.9. The zero-order valence-corrected chi connectivity index (χ0v) is 81.9. The molecule has 0 amide bonds. The van der Waals surface area contributed by atoms with Gasteiger partial charge in [0.25, 0.3) is 0 Å². The predicted octanol–water partition coefficient (Wildman–Crippen LogP) is 31.8. The summed E-state index contributed by atoms with van der Waals surface area (Å²) in [6, 6.07) is 6.32. The number of carbonyl (C=O) groups is 4. The van der Waals surface area contributed by atoms with E-state index in [0.717, 1.165) is 114 Å². The quantitative estimate of drug-likeness (QED) is 0.0150. The van der Waals surface area contributed by atoms with Crippen LogP contribution >= 0.6 is 0 Å². The Kier molecular flexibility index (Phi) is 85.7. The number of ether oxygens (including phenoxy) is 4. The van der Waals surface area contributed by atoms with Crippen LogP contribution in [0.15, 0.2) is 94.8 Å². The summed E-state index contributed by atoms with van der Waals surface area (Å²) >= 11 is 0. The van der Waals surface area contributed by atoms with E-state index in [1.54, 1.807) is 0 Å². The van der Waals surface area contributed by atoms with Gasteiger partial charge in [-0.15, -0.1) is 0 Å². The van der Waals surface area contributed by atoms with Gasteiger partial charge in [0.2, 0.25) is 0 Å². The molecule has 0 bridgehead atoms. The first-order valence-corrected chi connectivity index (χ1v) is 52.9. The van der Waals surface area contributed by atoms with Crippen molar-refractivity contribution < 1.29 is 64.1 Å². The van der Waals surface area contributed by atoms with E-state index in [2.05, 4.69) is 76.3 Å². The number of unbranched alkanes of at least 4 members (excludes halogenated alkanes) is 64. The first kappa shape index (κ1) is 117. The topological polar surface area (TPSA) is 220 Å². The van der Waals surface area contributed by atoms with E-state index in [4.69, 9.17) is 18.9 Å². The summed E-state index contributed by atoms with van der Waals surface area (Å²) < 4.78 is 91.9. The van der Waals surface area contributed by atoms with Crippen molar-refractivity contribution in [1.82, 2.24) is 0 Å². The van der Waals surface area contributed by atoms with Gasteiger partial charge in [-0.05, 0) is 139 Å². The maximum atomic E-state index is 13.0. The second-order valence-electron chi connectivity index (χ2n) is 34.2. The van der Waals surface area contributed by atoms with E-state index < -0.39 is 53.9 Å². The Morgan fingerprint density at radius 2 is 0.364 bits per heavy atom. The largest absolute Gasteiger partial charge is 2.00 e. The summed E-state index contributed by atoms with van der Waals surface area (Å²) in [4.78, 5) is 50.7. The molecule has 14 nitrogen and oxygen atoms in total. The molecule has 0 saturated heterocycles. The molecule has 0 radical (unpaired) electrons. The van der Waals surface area contributed by atoms with Gasteiger partial charge in [0.05, 0.1) is 58.5 Å². The average molecular weight is 1760 g/mol. The van der Waals surface area contributed by atoms with Crippen molar-refractivity contribution in [3.05, 3.63) is 107 Å². The van der Waals surface area contributed by atoms with Gasteiger partial charge in [-0.3, -0.25) is 0 Å². The molecule has 2 aromatic rings. The van der Waals surface area contributed by atoms with Gasteiger partial charge >= 0.3 is 61.6 Å². The normalized spacial score (nSPS) is 11.8. The molecule has 0 aliphatic carbocycles. The van der Waals surface area contributed by atoms with Crippen molar-refractivity contribution in [1.29, 1.82) is 0 Å². The van der Waals surface area contributed by atoms with E-state index in [1.807, 2.05) is 0 Å². The number of carbonyl (C=O) groups excluding carboxylic acids is 4. The fourth-order valence-corrected chi connectivity index (χ4v) is 16.5. The average Bonchev–Trinajstić information content (AvgIpc) is 0.813. The monoisotopic (exact) mass is 1760 g/mol. The van der Waals surface area contributed by atoms with Crippen LogP contribution in [0.2, 0.25) is 0 Å². The summed E-state index contributed by atoms with van der Waals surface area (Å²) in [5.74, 6) is -3.08. The van der Waals surface area contributed by atoms with Crippen LogP contribution in [-0.2, 0) is 39.2 Å². The summed E-state index contributed by atoms with van der Waals surface area (Å²) in [6.45, 7) is 9.50. The van der Waals surface area contributed by atoms with Crippen LogP contribution in [0.4, 0.5) is 0 Å². The molecule has 0 atom stereocenters. The third-order valence-electron chi connectivity index (χ3n) is 23.0. The molecule has 692 valence electrons. The third kappa shape index (κ3) is 75.1. The molecule has 0 unspecified atom stereocenters. The summed E-state index contributed by atoms with van der Waals surface area (Å²) in [7, 11) is -9.64. The Bertz CT molecular complexity index is 2880. The zero-order valence-electron chi connectivity index (χ0n) is 78.1. The molecule has 0 aliphatic heterocycles. The van der Waals surface area contributed by atoms with Gasteiger partial charge in [-0.25, -0.2) is 36.0 Å². The van der Waals surface area contributed by atoms with Crippen LogP contribution < -0.4 is 0 Å². The Morgan fingerprint density at radius 1 is 0.223 bits per heavy atom. The standard InChI is InChI=1S/2C52H90O7S.Ca/c2*1-3-5-7-9-11-13-15-17-19-21-23-25-27-29-31-33-35-37-39-41-45-58-51(53)49-44-43-48(60(55,56)57)47-50(49)52(54)59-46-42-40-38-36-34-32-30-28-26-24-22-20-18-16-14-12-10-8-6-4-2;/h2*5-8,43-44,47H,3-4,9-42,45-46H2,1-2H3,(H,55,56,57);/q;;+2/p-2/b2*7-5+,8-6+;. The minimum absolute atomic E-state index is 0. The Hall–Kier alpha value is -3.64. The van der Waals surface area contributed by atoms with Crippen LogP contribution in [0.25, 0.3) is 0 Å². The predicted molar refractivity (Wildman–Crippen MR) is 507 cm³/mol. The van der Waals surface area contributed by atoms with Gasteiger partial charge in [-0.1, -0.05) is 436 Å². The first-order valence-electron chi connectivity index (χ1n) is 50.1. The van der Waals surface area contributed by atoms with Crippen LogP contribution in [0.5, 0.6) is 0 Å². The SMILES string of the molecule is CC/C=C/CCCCCCCCCCCCCCCCCCOC(=O)c1ccc(S(=O)(=O)[O-])cc1C(=O)OCCCCCCCCCCCCCCCCCC/C=C/CC.CC/C=C/CCCCCCCCCCCCCCCCCCOC(=O)c1ccc(S(=O)(=O)[O-])cc1C(=O)OCCCCCCCCCCCCCCCCCC/C=C/CC.[Ca+2]. The van der Waals surface area contributed by atoms with Crippen LogP contribution in [0.3, 0.4) is 0 Å². The Morgan fingerprint density at radius 3 is 0.512 bits per heavy atom. The van der Waals surface area contributed by atoms with E-state index >= 15 is 0 Å². The van der Waals surface area contributed by atoms with Gasteiger partial charge < -0.3 is 28.1 Å². The Balaban J connectivity index is 0.00000236. The first-order chi connectivity index (χ1) is 58.6. The molecule has 2 rings (SSSR count). The van der Waals surface area contributed by atoms with Crippen molar-refractivity contribution in [3.63, 3.8) is 0 Å². The molecule has 0 fully saturated rings. The Labute approximate surface area is 773 Å². The minimum Gasteiger partial charge on any atom is -0.744 e. The number of hydrogen-bond donors (Lipinski definition) is 0. The zero-order chi connectivity index (χ0) is 87.2. The summed E-state index contributed by atoms with van der Waals surface area (Å²) in [6.07, 6.45) is 107. The molecular formula is C104H178CaO14S2. The van der Waals surface area contributed by atoms with Crippen molar-refractivity contribution in [3.8, 4) is 0 Å². The van der Waals surface area contributed by atoms with E-state index in [0.29, 0.717) is 25.7 Å². The molecule has 0 aliphatic rings. The summed E-state index contributed by atoms with van der Waals surface area (Å²) in [5, 5.41) is 0. The van der Waals surface area contributed by atoms with E-state index in [9.17, 15) is 45.1 Å². The number of rotatable bonds is 86. The minimum atomic E-state index is -4.82. The van der Waals surface area contributed by atoms with E-state index in [-0.39, 0.29) is 86.4 Å². The third-order valence-corrected chi connectivity index (χ3v) is 24.7. The molecule has 0 aromatic heterocycles. The van der Waals surface area contributed by atoms with Crippen molar-refractivity contribution >= 4 is 81.9 Å². The fraction of sp³-hybridized carbons (Fsp3) is 0.769. The molecule has 0 heterocycles. The molecule has 2 aromatic carbocycles. The smallest absolute Gasteiger partial charge is 0.744 e. The second kappa shape index (κ2) is 88.4.